The summed E-state index contributed by atoms with van der Waals surface area (Å²) >= 11 is 3.32. The van der Waals surface area contributed by atoms with E-state index in [0.29, 0.717) is 11.6 Å². The molecule has 1 aromatic carbocycles. The lowest BCUT2D eigenvalue weighted by molar-refractivity contribution is 0.0899. The standard InChI is InChI=1S/C12H16BrNO/c1-7(2)8(3)12(15)9-4-5-11(14)10(13)6-9/h4-8H,14H2,1-3H3. The van der Waals surface area contributed by atoms with Crippen molar-refractivity contribution in [2.45, 2.75) is 20.8 Å². The van der Waals surface area contributed by atoms with Crippen LogP contribution in [0.4, 0.5) is 5.69 Å². The van der Waals surface area contributed by atoms with Crippen molar-refractivity contribution in [2.75, 3.05) is 5.73 Å². The van der Waals surface area contributed by atoms with Crippen molar-refractivity contribution >= 4 is 27.4 Å². The molecule has 2 N–H and O–H groups in total. The van der Waals surface area contributed by atoms with E-state index in [9.17, 15) is 4.79 Å². The Kier molecular flexibility index (Phi) is 3.91. The molecule has 0 aliphatic carbocycles. The van der Waals surface area contributed by atoms with Gasteiger partial charge in [0.2, 0.25) is 0 Å². The molecule has 0 radical (unpaired) electrons. The molecule has 1 aromatic rings. The zero-order chi connectivity index (χ0) is 11.6. The average molecular weight is 270 g/mol. The third kappa shape index (κ3) is 2.81. The van der Waals surface area contributed by atoms with E-state index in [0.717, 1.165) is 10.0 Å². The molecule has 1 rings (SSSR count). The van der Waals surface area contributed by atoms with E-state index >= 15 is 0 Å². The lowest BCUT2D eigenvalue weighted by atomic mass is 9.90. The smallest absolute Gasteiger partial charge is 0.165 e. The minimum absolute atomic E-state index is 0.0422. The molecule has 15 heavy (non-hydrogen) atoms. The summed E-state index contributed by atoms with van der Waals surface area (Å²) < 4.78 is 0.782. The molecule has 0 spiro atoms. The van der Waals surface area contributed by atoms with E-state index in [1.807, 2.05) is 6.92 Å². The zero-order valence-corrected chi connectivity index (χ0v) is 10.8. The highest BCUT2D eigenvalue weighted by atomic mass is 79.9. The molecule has 0 saturated carbocycles. The van der Waals surface area contributed by atoms with Crippen LogP contribution in [0, 0.1) is 11.8 Å². The lowest BCUT2D eigenvalue weighted by Crippen LogP contribution is -2.17. The third-order valence-corrected chi connectivity index (χ3v) is 3.39. The van der Waals surface area contributed by atoms with Crippen LogP contribution in [0.2, 0.25) is 0 Å². The molecule has 0 aromatic heterocycles. The van der Waals surface area contributed by atoms with Gasteiger partial charge < -0.3 is 5.73 Å². The second-order valence-electron chi connectivity index (χ2n) is 4.13. The summed E-state index contributed by atoms with van der Waals surface area (Å²) in [6.07, 6.45) is 0. The van der Waals surface area contributed by atoms with Crippen LogP contribution in [0.15, 0.2) is 22.7 Å². The molecule has 82 valence electrons. The van der Waals surface area contributed by atoms with E-state index in [4.69, 9.17) is 5.73 Å². The molecule has 3 heteroatoms. The van der Waals surface area contributed by atoms with Gasteiger partial charge in [-0.1, -0.05) is 20.8 Å². The first-order valence-electron chi connectivity index (χ1n) is 5.02. The highest BCUT2D eigenvalue weighted by molar-refractivity contribution is 9.10. The minimum atomic E-state index is 0.0422. The first-order chi connectivity index (χ1) is 6.93. The van der Waals surface area contributed by atoms with Crippen molar-refractivity contribution in [3.8, 4) is 0 Å². The molecule has 1 unspecified atom stereocenters. The zero-order valence-electron chi connectivity index (χ0n) is 9.25. The Morgan fingerprint density at radius 3 is 2.40 bits per heavy atom. The quantitative estimate of drug-likeness (QED) is 0.674. The van der Waals surface area contributed by atoms with Crippen LogP contribution in [-0.2, 0) is 0 Å². The number of nitrogens with two attached hydrogens (primary N) is 1. The van der Waals surface area contributed by atoms with Gasteiger partial charge in [0.05, 0.1) is 0 Å². The molecule has 0 aliphatic rings. The minimum Gasteiger partial charge on any atom is -0.398 e. The van der Waals surface area contributed by atoms with Crippen molar-refractivity contribution in [2.24, 2.45) is 11.8 Å². The van der Waals surface area contributed by atoms with Gasteiger partial charge in [-0.15, -0.1) is 0 Å². The summed E-state index contributed by atoms with van der Waals surface area (Å²) in [6, 6.07) is 5.32. The van der Waals surface area contributed by atoms with E-state index in [1.54, 1.807) is 18.2 Å². The Morgan fingerprint density at radius 2 is 1.93 bits per heavy atom. The number of Topliss-reactive ketones (excluding diaryl/α,β-unsaturated/α-hetero) is 1. The maximum atomic E-state index is 12.0. The summed E-state index contributed by atoms with van der Waals surface area (Å²) in [6.45, 7) is 6.06. The fourth-order valence-electron chi connectivity index (χ4n) is 1.25. The fraction of sp³-hybridized carbons (Fsp3) is 0.417. The number of nitrogen functional groups attached to an aromatic ring is 1. The Hall–Kier alpha value is -0.830. The predicted molar refractivity (Wildman–Crippen MR) is 66.9 cm³/mol. The van der Waals surface area contributed by atoms with Gasteiger partial charge >= 0.3 is 0 Å². The van der Waals surface area contributed by atoms with E-state index in [-0.39, 0.29) is 11.7 Å². The van der Waals surface area contributed by atoms with Gasteiger partial charge in [0.15, 0.2) is 5.78 Å². The van der Waals surface area contributed by atoms with Crippen LogP contribution in [-0.4, -0.2) is 5.78 Å². The largest absolute Gasteiger partial charge is 0.398 e. The number of ketones is 1. The first-order valence-corrected chi connectivity index (χ1v) is 5.82. The van der Waals surface area contributed by atoms with Crippen LogP contribution in [0.5, 0.6) is 0 Å². The van der Waals surface area contributed by atoms with Gasteiger partial charge in [-0.2, -0.15) is 0 Å². The SMILES string of the molecule is CC(C)C(C)C(=O)c1ccc(N)c(Br)c1. The molecular formula is C12H16BrNO. The summed E-state index contributed by atoms with van der Waals surface area (Å²) in [5, 5.41) is 0. The van der Waals surface area contributed by atoms with Crippen LogP contribution in [0.25, 0.3) is 0 Å². The molecule has 0 saturated heterocycles. The molecule has 1 atom stereocenters. The van der Waals surface area contributed by atoms with Crippen LogP contribution >= 0.6 is 15.9 Å². The Labute approximate surface area is 99.0 Å². The van der Waals surface area contributed by atoms with Crippen molar-refractivity contribution in [3.05, 3.63) is 28.2 Å². The number of carbonyl (C=O) groups is 1. The maximum Gasteiger partial charge on any atom is 0.165 e. The number of carbonyl (C=O) groups excluding carboxylic acids is 1. The molecular weight excluding hydrogens is 254 g/mol. The molecule has 0 amide bonds. The number of hydrogen-bond donors (Lipinski definition) is 1. The first kappa shape index (κ1) is 12.2. The number of rotatable bonds is 3. The van der Waals surface area contributed by atoms with Crippen LogP contribution < -0.4 is 5.73 Å². The van der Waals surface area contributed by atoms with Crippen molar-refractivity contribution < 1.29 is 4.79 Å². The summed E-state index contributed by atoms with van der Waals surface area (Å²) in [5.41, 5.74) is 7.04. The summed E-state index contributed by atoms with van der Waals surface area (Å²) in [7, 11) is 0. The van der Waals surface area contributed by atoms with E-state index in [1.165, 1.54) is 0 Å². The van der Waals surface area contributed by atoms with Crippen molar-refractivity contribution in [1.29, 1.82) is 0 Å². The van der Waals surface area contributed by atoms with Crippen molar-refractivity contribution in [3.63, 3.8) is 0 Å². The monoisotopic (exact) mass is 269 g/mol. The van der Waals surface area contributed by atoms with Gasteiger partial charge in [-0.25, -0.2) is 0 Å². The fourth-order valence-corrected chi connectivity index (χ4v) is 1.62. The molecule has 0 fully saturated rings. The predicted octanol–water partition coefficient (Wildman–Crippen LogP) is 3.51. The Bertz CT molecular complexity index is 374. The highest BCUT2D eigenvalue weighted by Gasteiger charge is 2.18. The van der Waals surface area contributed by atoms with E-state index in [2.05, 4.69) is 29.8 Å². The number of hydrogen-bond acceptors (Lipinski definition) is 2. The second kappa shape index (κ2) is 4.79. The van der Waals surface area contributed by atoms with Crippen LogP contribution in [0.1, 0.15) is 31.1 Å². The Morgan fingerprint density at radius 1 is 1.33 bits per heavy atom. The normalized spacial score (nSPS) is 12.9. The van der Waals surface area contributed by atoms with Gasteiger partial charge in [0, 0.05) is 21.6 Å². The third-order valence-electron chi connectivity index (χ3n) is 2.70. The summed E-state index contributed by atoms with van der Waals surface area (Å²) in [5.74, 6) is 0.569. The van der Waals surface area contributed by atoms with Gasteiger partial charge in [0.1, 0.15) is 0 Å². The molecule has 2 nitrogen and oxygen atoms in total. The average Bonchev–Trinajstić information content (AvgIpc) is 2.19. The van der Waals surface area contributed by atoms with Crippen molar-refractivity contribution in [1.82, 2.24) is 0 Å². The van der Waals surface area contributed by atoms with Gasteiger partial charge in [-0.3, -0.25) is 4.79 Å². The number of anilines is 1. The highest BCUT2D eigenvalue weighted by Crippen LogP contribution is 2.23. The van der Waals surface area contributed by atoms with E-state index < -0.39 is 0 Å². The number of halogens is 1. The summed E-state index contributed by atoms with van der Waals surface area (Å²) in [4.78, 5) is 12.0. The van der Waals surface area contributed by atoms with Gasteiger partial charge in [0.25, 0.3) is 0 Å². The Balaban J connectivity index is 2.97. The topological polar surface area (TPSA) is 43.1 Å². The van der Waals surface area contributed by atoms with Crippen LogP contribution in [0.3, 0.4) is 0 Å². The van der Waals surface area contributed by atoms with Gasteiger partial charge in [-0.05, 0) is 40.0 Å². The maximum absolute atomic E-state index is 12.0. The lowest BCUT2D eigenvalue weighted by Gasteiger charge is -2.14. The molecule has 0 aliphatic heterocycles. The number of benzene rings is 1. The second-order valence-corrected chi connectivity index (χ2v) is 4.99. The molecule has 0 bridgehead atoms. The molecule has 0 heterocycles.